The summed E-state index contributed by atoms with van der Waals surface area (Å²) in [4.78, 5) is 3.08. The largest absolute Gasteiger partial charge is 0.385 e. The Hall–Kier alpha value is -1.57. The zero-order valence-corrected chi connectivity index (χ0v) is 7.67. The minimum atomic E-state index is 0.956. The van der Waals surface area contributed by atoms with Gasteiger partial charge in [0.05, 0.1) is 0 Å². The van der Waals surface area contributed by atoms with Crippen molar-refractivity contribution in [3.8, 4) is 0 Å². The van der Waals surface area contributed by atoms with E-state index in [-0.39, 0.29) is 0 Å². The average Bonchev–Trinajstić information content (AvgIpc) is 2.19. The zero-order chi connectivity index (χ0) is 9.10. The van der Waals surface area contributed by atoms with Crippen LogP contribution in [0.3, 0.4) is 0 Å². The van der Waals surface area contributed by atoms with Crippen LogP contribution in [0.4, 0.5) is 5.69 Å². The van der Waals surface area contributed by atoms with Crippen LogP contribution >= 0.6 is 0 Å². The zero-order valence-electron chi connectivity index (χ0n) is 7.67. The molecule has 2 nitrogen and oxygen atoms in total. The number of nitrogens with one attached hydrogen (secondary N) is 2. The molecule has 0 amide bonds. The van der Waals surface area contributed by atoms with Gasteiger partial charge in [-0.25, -0.2) is 4.98 Å². The van der Waals surface area contributed by atoms with E-state index < -0.39 is 0 Å². The van der Waals surface area contributed by atoms with Gasteiger partial charge in [-0.3, -0.25) is 0 Å². The molecule has 0 aliphatic carbocycles. The second-order valence-electron chi connectivity index (χ2n) is 2.98. The maximum Gasteiger partial charge on any atom is 0.174 e. The summed E-state index contributed by atoms with van der Waals surface area (Å²) in [5.41, 5.74) is 1.20. The molecular formula is C11H13N2+. The van der Waals surface area contributed by atoms with Gasteiger partial charge in [-0.15, -0.1) is 0 Å². The van der Waals surface area contributed by atoms with E-state index in [1.165, 1.54) is 16.5 Å². The Morgan fingerprint density at radius 2 is 2.23 bits per heavy atom. The lowest BCUT2D eigenvalue weighted by molar-refractivity contribution is -0.375. The van der Waals surface area contributed by atoms with Gasteiger partial charge in [0.1, 0.15) is 0 Å². The van der Waals surface area contributed by atoms with Crippen molar-refractivity contribution in [1.29, 1.82) is 0 Å². The summed E-state index contributed by atoms with van der Waals surface area (Å²) in [5, 5.41) is 5.84. The first-order chi connectivity index (χ1) is 6.42. The van der Waals surface area contributed by atoms with Gasteiger partial charge in [-0.05, 0) is 19.1 Å². The molecular weight excluding hydrogens is 160 g/mol. The van der Waals surface area contributed by atoms with Gasteiger partial charge >= 0.3 is 0 Å². The van der Waals surface area contributed by atoms with Crippen molar-refractivity contribution in [3.05, 3.63) is 36.7 Å². The summed E-state index contributed by atoms with van der Waals surface area (Å²) in [6, 6.07) is 8.36. The van der Waals surface area contributed by atoms with Crippen LogP contribution < -0.4 is 10.3 Å². The molecule has 1 aromatic heterocycles. The van der Waals surface area contributed by atoms with Gasteiger partial charge in [0, 0.05) is 29.1 Å². The fourth-order valence-corrected chi connectivity index (χ4v) is 1.51. The lowest BCUT2D eigenvalue weighted by Crippen LogP contribution is -2.01. The normalized spacial score (nSPS) is 10.2. The highest BCUT2D eigenvalue weighted by Crippen LogP contribution is 2.20. The second-order valence-corrected chi connectivity index (χ2v) is 2.98. The highest BCUT2D eigenvalue weighted by Gasteiger charge is 1.99. The third-order valence-corrected chi connectivity index (χ3v) is 2.09. The highest BCUT2D eigenvalue weighted by molar-refractivity contribution is 5.92. The summed E-state index contributed by atoms with van der Waals surface area (Å²) >= 11 is 0. The van der Waals surface area contributed by atoms with Crippen molar-refractivity contribution in [1.82, 2.24) is 0 Å². The average molecular weight is 173 g/mol. The van der Waals surface area contributed by atoms with Crippen LogP contribution in [0.2, 0.25) is 0 Å². The van der Waals surface area contributed by atoms with E-state index in [0.717, 1.165) is 6.54 Å². The van der Waals surface area contributed by atoms with Crippen LogP contribution in [0, 0.1) is 0 Å². The van der Waals surface area contributed by atoms with Crippen molar-refractivity contribution < 1.29 is 4.98 Å². The summed E-state index contributed by atoms with van der Waals surface area (Å²) in [6.07, 6.45) is 3.96. The number of hydrogen-bond acceptors (Lipinski definition) is 1. The Kier molecular flexibility index (Phi) is 2.13. The lowest BCUT2D eigenvalue weighted by atomic mass is 10.1. The van der Waals surface area contributed by atoms with E-state index in [1.54, 1.807) is 0 Å². The maximum absolute atomic E-state index is 3.34. The SMILES string of the molecule is CCNc1cccc2c[nH+]ccc12. The molecule has 2 aromatic rings. The molecule has 13 heavy (non-hydrogen) atoms. The quantitative estimate of drug-likeness (QED) is 0.739. The van der Waals surface area contributed by atoms with Crippen molar-refractivity contribution in [2.24, 2.45) is 0 Å². The molecule has 0 saturated carbocycles. The molecule has 0 aliphatic heterocycles. The van der Waals surface area contributed by atoms with E-state index in [4.69, 9.17) is 0 Å². The number of hydrogen-bond donors (Lipinski definition) is 1. The fourth-order valence-electron chi connectivity index (χ4n) is 1.51. The molecule has 0 atom stereocenters. The summed E-state index contributed by atoms with van der Waals surface area (Å²) in [6.45, 7) is 3.06. The second kappa shape index (κ2) is 3.44. The third-order valence-electron chi connectivity index (χ3n) is 2.09. The number of rotatable bonds is 2. The van der Waals surface area contributed by atoms with Gasteiger partial charge in [-0.1, -0.05) is 6.07 Å². The van der Waals surface area contributed by atoms with Gasteiger partial charge in [0.15, 0.2) is 12.4 Å². The molecule has 0 radical (unpaired) electrons. The van der Waals surface area contributed by atoms with Crippen molar-refractivity contribution in [2.75, 3.05) is 11.9 Å². The molecule has 0 fully saturated rings. The number of fused-ring (bicyclic) bond motifs is 1. The predicted octanol–water partition coefficient (Wildman–Crippen LogP) is 2.09. The van der Waals surface area contributed by atoms with Crippen LogP contribution in [0.15, 0.2) is 36.7 Å². The first-order valence-electron chi connectivity index (χ1n) is 4.54. The molecule has 0 saturated heterocycles. The fraction of sp³-hybridized carbons (Fsp3) is 0.182. The number of pyridine rings is 1. The standard InChI is InChI=1S/C11H12N2/c1-2-13-11-5-3-4-9-8-12-7-6-10(9)11/h3-8,13H,2H2,1H3/p+1. The summed E-state index contributed by atoms with van der Waals surface area (Å²) in [7, 11) is 0. The first-order valence-corrected chi connectivity index (χ1v) is 4.54. The number of H-pyrrole nitrogens is 1. The summed E-state index contributed by atoms with van der Waals surface area (Å²) < 4.78 is 0. The maximum atomic E-state index is 3.34. The summed E-state index contributed by atoms with van der Waals surface area (Å²) in [5.74, 6) is 0. The predicted molar refractivity (Wildman–Crippen MR) is 54.7 cm³/mol. The molecule has 1 aromatic carbocycles. The minimum Gasteiger partial charge on any atom is -0.385 e. The van der Waals surface area contributed by atoms with Gasteiger partial charge in [0.2, 0.25) is 0 Å². The van der Waals surface area contributed by atoms with Crippen LogP contribution in [-0.2, 0) is 0 Å². The monoisotopic (exact) mass is 173 g/mol. The number of aromatic amines is 1. The molecule has 0 unspecified atom stereocenters. The van der Waals surface area contributed by atoms with Gasteiger partial charge < -0.3 is 5.32 Å². The molecule has 0 bridgehead atoms. The molecule has 2 N–H and O–H groups in total. The van der Waals surface area contributed by atoms with E-state index in [0.29, 0.717) is 0 Å². The van der Waals surface area contributed by atoms with Gasteiger partial charge in [0.25, 0.3) is 0 Å². The third kappa shape index (κ3) is 1.47. The first kappa shape index (κ1) is 8.05. The van der Waals surface area contributed by atoms with Crippen molar-refractivity contribution in [3.63, 3.8) is 0 Å². The molecule has 2 rings (SSSR count). The van der Waals surface area contributed by atoms with Gasteiger partial charge in [-0.2, -0.15) is 0 Å². The van der Waals surface area contributed by atoms with Crippen molar-refractivity contribution >= 4 is 16.5 Å². The molecule has 1 heterocycles. The minimum absolute atomic E-state index is 0.956. The van der Waals surface area contributed by atoms with Crippen LogP contribution in [0.25, 0.3) is 10.8 Å². The Labute approximate surface area is 77.6 Å². The lowest BCUT2D eigenvalue weighted by Gasteiger charge is -2.04. The Morgan fingerprint density at radius 1 is 1.31 bits per heavy atom. The topological polar surface area (TPSA) is 26.2 Å². The van der Waals surface area contributed by atoms with E-state index in [1.807, 2.05) is 12.4 Å². The number of benzene rings is 1. The van der Waals surface area contributed by atoms with E-state index in [2.05, 4.69) is 41.5 Å². The highest BCUT2D eigenvalue weighted by atomic mass is 14.9. The van der Waals surface area contributed by atoms with E-state index in [9.17, 15) is 0 Å². The molecule has 0 aliphatic rings. The molecule has 66 valence electrons. The van der Waals surface area contributed by atoms with E-state index >= 15 is 0 Å². The van der Waals surface area contributed by atoms with Crippen LogP contribution in [0.1, 0.15) is 6.92 Å². The Balaban J connectivity index is 2.61. The number of aromatic nitrogens is 1. The Bertz CT molecular complexity index is 404. The van der Waals surface area contributed by atoms with Crippen molar-refractivity contribution in [2.45, 2.75) is 6.92 Å². The number of anilines is 1. The van der Waals surface area contributed by atoms with Crippen LogP contribution in [0.5, 0.6) is 0 Å². The Morgan fingerprint density at radius 3 is 3.08 bits per heavy atom. The molecule has 0 spiro atoms. The van der Waals surface area contributed by atoms with Crippen LogP contribution in [-0.4, -0.2) is 6.54 Å². The molecule has 2 heteroatoms. The smallest absolute Gasteiger partial charge is 0.174 e.